The maximum Gasteiger partial charge on any atom is 0.0628 e. The summed E-state index contributed by atoms with van der Waals surface area (Å²) in [5, 5.41) is 8.49. The van der Waals surface area contributed by atoms with E-state index in [9.17, 15) is 0 Å². The summed E-state index contributed by atoms with van der Waals surface area (Å²) in [6.07, 6.45) is 4.12. The summed E-state index contributed by atoms with van der Waals surface area (Å²) >= 11 is 0. The van der Waals surface area contributed by atoms with Crippen molar-refractivity contribution in [3.8, 4) is 6.07 Å². The van der Waals surface area contributed by atoms with Crippen molar-refractivity contribution in [1.82, 2.24) is 0 Å². The molecule has 0 saturated heterocycles. The lowest BCUT2D eigenvalue weighted by Crippen LogP contribution is -2.10. The summed E-state index contributed by atoms with van der Waals surface area (Å²) in [5.74, 6) is 0. The quantitative estimate of drug-likeness (QED) is 0.567. The second-order valence-corrected chi connectivity index (χ2v) is 3.39. The summed E-state index contributed by atoms with van der Waals surface area (Å²) in [4.78, 5) is 0. The molecular weight excluding hydrogens is 138 g/mol. The smallest absolute Gasteiger partial charge is 0.0628 e. The number of rotatable bonds is 5. The van der Waals surface area contributed by atoms with Gasteiger partial charge in [-0.1, -0.05) is 6.92 Å². The van der Waals surface area contributed by atoms with Gasteiger partial charge in [0.2, 0.25) is 0 Å². The van der Waals surface area contributed by atoms with Crippen LogP contribution in [-0.2, 0) is 4.74 Å². The van der Waals surface area contributed by atoms with Gasteiger partial charge < -0.3 is 4.74 Å². The van der Waals surface area contributed by atoms with Crippen molar-refractivity contribution in [2.24, 2.45) is 5.41 Å². The van der Waals surface area contributed by atoms with Crippen molar-refractivity contribution in [3.63, 3.8) is 0 Å². The summed E-state index contributed by atoms with van der Waals surface area (Å²) in [5.41, 5.74) is 0.268. The van der Waals surface area contributed by atoms with Crippen molar-refractivity contribution in [1.29, 1.82) is 5.26 Å². The van der Waals surface area contributed by atoms with E-state index >= 15 is 0 Å². The van der Waals surface area contributed by atoms with Crippen LogP contribution in [0, 0.1) is 16.7 Å². The van der Waals surface area contributed by atoms with E-state index in [1.54, 1.807) is 0 Å². The Morgan fingerprint density at radius 2 is 2.27 bits per heavy atom. The van der Waals surface area contributed by atoms with Crippen LogP contribution in [0.2, 0.25) is 0 Å². The Morgan fingerprint density at radius 1 is 1.55 bits per heavy atom. The number of hydrogen-bond acceptors (Lipinski definition) is 2. The van der Waals surface area contributed by atoms with Gasteiger partial charge in [0.1, 0.15) is 0 Å². The van der Waals surface area contributed by atoms with E-state index < -0.39 is 0 Å². The number of nitriles is 1. The zero-order valence-electron chi connectivity index (χ0n) is 7.10. The first-order chi connectivity index (χ1) is 5.33. The predicted octanol–water partition coefficient (Wildman–Crippen LogP) is 2.11. The van der Waals surface area contributed by atoms with Crippen molar-refractivity contribution < 1.29 is 4.74 Å². The second kappa shape index (κ2) is 3.73. The summed E-state index contributed by atoms with van der Waals surface area (Å²) < 4.78 is 5.41. The fourth-order valence-electron chi connectivity index (χ4n) is 1.15. The summed E-state index contributed by atoms with van der Waals surface area (Å²) in [6.45, 7) is 3.74. The highest BCUT2D eigenvalue weighted by atomic mass is 16.5. The molecule has 1 aliphatic rings. The van der Waals surface area contributed by atoms with Crippen LogP contribution in [-0.4, -0.2) is 13.2 Å². The molecule has 0 aromatic rings. The van der Waals surface area contributed by atoms with Crippen LogP contribution in [0.15, 0.2) is 0 Å². The van der Waals surface area contributed by atoms with Crippen molar-refractivity contribution in [2.75, 3.05) is 13.2 Å². The molecule has 62 valence electrons. The van der Waals surface area contributed by atoms with Crippen molar-refractivity contribution in [2.45, 2.75) is 32.6 Å². The largest absolute Gasteiger partial charge is 0.381 e. The Bertz CT molecular complexity index is 155. The lowest BCUT2D eigenvalue weighted by atomic mass is 10.1. The molecule has 1 fully saturated rings. The van der Waals surface area contributed by atoms with Crippen LogP contribution in [0.5, 0.6) is 0 Å². The van der Waals surface area contributed by atoms with E-state index in [1.165, 1.54) is 12.8 Å². The van der Waals surface area contributed by atoms with Crippen LogP contribution >= 0.6 is 0 Å². The van der Waals surface area contributed by atoms with Gasteiger partial charge >= 0.3 is 0 Å². The first-order valence-corrected chi connectivity index (χ1v) is 4.28. The average molecular weight is 153 g/mol. The molecule has 0 aromatic carbocycles. The lowest BCUT2D eigenvalue weighted by molar-refractivity contribution is 0.0922. The van der Waals surface area contributed by atoms with E-state index in [4.69, 9.17) is 10.00 Å². The molecule has 0 amide bonds. The Balaban J connectivity index is 2.10. The third-order valence-electron chi connectivity index (χ3n) is 2.17. The minimum absolute atomic E-state index is 0.268. The molecule has 0 radical (unpaired) electrons. The molecule has 0 bridgehead atoms. The maximum absolute atomic E-state index is 8.49. The number of hydrogen-bond donors (Lipinski definition) is 0. The Labute approximate surface area is 68.2 Å². The predicted molar refractivity (Wildman–Crippen MR) is 43.0 cm³/mol. The van der Waals surface area contributed by atoms with E-state index in [1.807, 2.05) is 0 Å². The minimum Gasteiger partial charge on any atom is -0.381 e. The van der Waals surface area contributed by atoms with Gasteiger partial charge in [-0.15, -0.1) is 0 Å². The Hall–Kier alpha value is -0.550. The first kappa shape index (κ1) is 8.55. The third kappa shape index (κ3) is 2.51. The normalized spacial score (nSPS) is 19.3. The van der Waals surface area contributed by atoms with Gasteiger partial charge in [-0.2, -0.15) is 5.26 Å². The average Bonchev–Trinajstić information content (AvgIpc) is 2.71. The van der Waals surface area contributed by atoms with E-state index in [0.29, 0.717) is 6.42 Å². The zero-order valence-corrected chi connectivity index (χ0v) is 7.10. The fourth-order valence-corrected chi connectivity index (χ4v) is 1.15. The molecule has 1 aliphatic carbocycles. The lowest BCUT2D eigenvalue weighted by Gasteiger charge is -2.09. The molecule has 0 spiro atoms. The van der Waals surface area contributed by atoms with Gasteiger partial charge in [0.05, 0.1) is 12.7 Å². The molecule has 0 heterocycles. The van der Waals surface area contributed by atoms with Gasteiger partial charge in [0.25, 0.3) is 0 Å². The van der Waals surface area contributed by atoms with Crippen LogP contribution in [0.1, 0.15) is 32.6 Å². The van der Waals surface area contributed by atoms with Crippen LogP contribution in [0.4, 0.5) is 0 Å². The topological polar surface area (TPSA) is 33.0 Å². The summed E-state index contributed by atoms with van der Waals surface area (Å²) in [6, 6.07) is 2.22. The molecule has 0 aliphatic heterocycles. The van der Waals surface area contributed by atoms with Crippen molar-refractivity contribution >= 4 is 0 Å². The molecule has 0 aromatic heterocycles. The first-order valence-electron chi connectivity index (χ1n) is 4.28. The highest BCUT2D eigenvalue weighted by Gasteiger charge is 2.42. The van der Waals surface area contributed by atoms with Crippen LogP contribution < -0.4 is 0 Å². The Morgan fingerprint density at radius 3 is 2.73 bits per heavy atom. The minimum atomic E-state index is 0.268. The molecule has 1 saturated carbocycles. The van der Waals surface area contributed by atoms with Crippen molar-refractivity contribution in [3.05, 3.63) is 0 Å². The zero-order chi connectivity index (χ0) is 8.16. The highest BCUT2D eigenvalue weighted by Crippen LogP contribution is 2.48. The monoisotopic (exact) mass is 153 g/mol. The molecule has 0 N–H and O–H groups in total. The van der Waals surface area contributed by atoms with Crippen LogP contribution in [0.3, 0.4) is 0 Å². The molecule has 1 rings (SSSR count). The molecule has 2 nitrogen and oxygen atoms in total. The van der Waals surface area contributed by atoms with E-state index in [2.05, 4.69) is 13.0 Å². The molecule has 0 atom stereocenters. The highest BCUT2D eigenvalue weighted by molar-refractivity contribution is 4.99. The third-order valence-corrected chi connectivity index (χ3v) is 2.17. The number of ether oxygens (including phenoxy) is 1. The van der Waals surface area contributed by atoms with E-state index in [-0.39, 0.29) is 5.41 Å². The molecule has 2 heteroatoms. The van der Waals surface area contributed by atoms with Gasteiger partial charge in [0.15, 0.2) is 0 Å². The van der Waals surface area contributed by atoms with Gasteiger partial charge in [0, 0.05) is 18.4 Å². The van der Waals surface area contributed by atoms with Crippen LogP contribution in [0.25, 0.3) is 0 Å². The fraction of sp³-hybridized carbons (Fsp3) is 0.889. The maximum atomic E-state index is 8.49. The van der Waals surface area contributed by atoms with E-state index in [0.717, 1.165) is 19.6 Å². The van der Waals surface area contributed by atoms with Gasteiger partial charge in [-0.05, 0) is 19.3 Å². The summed E-state index contributed by atoms with van der Waals surface area (Å²) in [7, 11) is 0. The van der Waals surface area contributed by atoms with Gasteiger partial charge in [-0.25, -0.2) is 0 Å². The van der Waals surface area contributed by atoms with Gasteiger partial charge in [-0.3, -0.25) is 0 Å². The molecule has 0 unspecified atom stereocenters. The SMILES string of the molecule is CCCOCC1(CC#N)CC1. The number of nitrogens with zero attached hydrogens (tertiary/aromatic N) is 1. The second-order valence-electron chi connectivity index (χ2n) is 3.39. The Kier molecular flexibility index (Phi) is 2.90. The standard InChI is InChI=1S/C9H15NO/c1-2-7-11-8-9(3-4-9)5-6-10/h2-5,7-8H2,1H3. The molecular formula is C9H15NO. The molecule has 11 heavy (non-hydrogen) atoms.